The van der Waals surface area contributed by atoms with Gasteiger partial charge in [-0.05, 0) is 38.0 Å². The molecule has 122 valence electrons. The van der Waals surface area contributed by atoms with Crippen LogP contribution in [0.3, 0.4) is 0 Å². The fraction of sp³-hybridized carbons (Fsp3) is 0.474. The summed E-state index contributed by atoms with van der Waals surface area (Å²) in [5.74, 6) is -0.0478. The molecule has 0 saturated heterocycles. The lowest BCUT2D eigenvalue weighted by molar-refractivity contribution is 0.0925. The molecule has 1 aromatic carbocycles. The highest BCUT2D eigenvalue weighted by Gasteiger charge is 2.18. The van der Waals surface area contributed by atoms with E-state index >= 15 is 0 Å². The molecule has 0 radical (unpaired) electrons. The molecule has 1 aromatic heterocycles. The van der Waals surface area contributed by atoms with Crippen LogP contribution in [0.25, 0.3) is 5.69 Å². The van der Waals surface area contributed by atoms with Crippen LogP contribution >= 0.6 is 0 Å². The minimum atomic E-state index is -0.0478. The highest BCUT2D eigenvalue weighted by molar-refractivity contribution is 5.92. The van der Waals surface area contributed by atoms with Crippen molar-refractivity contribution in [3.8, 4) is 5.69 Å². The summed E-state index contributed by atoms with van der Waals surface area (Å²) < 4.78 is 1.83. The lowest BCUT2D eigenvalue weighted by Crippen LogP contribution is -2.35. The van der Waals surface area contributed by atoms with Crippen molar-refractivity contribution in [2.24, 2.45) is 0 Å². The van der Waals surface area contributed by atoms with Gasteiger partial charge in [-0.3, -0.25) is 4.79 Å². The summed E-state index contributed by atoms with van der Waals surface area (Å²) in [7, 11) is 0. The highest BCUT2D eigenvalue weighted by Crippen LogP contribution is 2.18. The zero-order chi connectivity index (χ0) is 16.1. The van der Waals surface area contributed by atoms with Crippen LogP contribution in [0.2, 0.25) is 0 Å². The number of benzene rings is 1. The van der Waals surface area contributed by atoms with E-state index in [0.717, 1.165) is 24.2 Å². The van der Waals surface area contributed by atoms with E-state index in [1.165, 1.54) is 32.1 Å². The number of nitrogens with zero attached hydrogens (tertiary/aromatic N) is 2. The minimum absolute atomic E-state index is 0.0478. The fourth-order valence-corrected chi connectivity index (χ4v) is 3.28. The first-order valence-corrected chi connectivity index (χ1v) is 8.67. The van der Waals surface area contributed by atoms with Crippen molar-refractivity contribution in [3.63, 3.8) is 0 Å². The van der Waals surface area contributed by atoms with E-state index in [9.17, 15) is 4.79 Å². The Balaban J connectivity index is 1.70. The van der Waals surface area contributed by atoms with E-state index in [-0.39, 0.29) is 5.91 Å². The van der Waals surface area contributed by atoms with Crippen LogP contribution in [0, 0.1) is 6.92 Å². The molecule has 23 heavy (non-hydrogen) atoms. The molecule has 0 bridgehead atoms. The Labute approximate surface area is 137 Å². The van der Waals surface area contributed by atoms with Gasteiger partial charge in [0, 0.05) is 11.7 Å². The normalized spacial score (nSPS) is 16.6. The Morgan fingerprint density at radius 2 is 1.74 bits per heavy atom. The third-order valence-electron chi connectivity index (χ3n) is 4.56. The van der Waals surface area contributed by atoms with Crippen LogP contribution in [-0.2, 0) is 0 Å². The summed E-state index contributed by atoms with van der Waals surface area (Å²) in [5, 5.41) is 7.67. The van der Waals surface area contributed by atoms with Crippen molar-refractivity contribution in [1.29, 1.82) is 0 Å². The van der Waals surface area contributed by atoms with E-state index in [1.807, 2.05) is 48.0 Å². The summed E-state index contributed by atoms with van der Waals surface area (Å²) in [5.41, 5.74) is 2.46. The summed E-state index contributed by atoms with van der Waals surface area (Å²) in [6.45, 7) is 1.98. The van der Waals surface area contributed by atoms with Crippen molar-refractivity contribution >= 4 is 5.91 Å². The van der Waals surface area contributed by atoms with E-state index < -0.39 is 0 Å². The molecule has 1 amide bonds. The van der Waals surface area contributed by atoms with E-state index in [4.69, 9.17) is 0 Å². The molecule has 1 fully saturated rings. The lowest BCUT2D eigenvalue weighted by atomic mass is 9.96. The first-order valence-electron chi connectivity index (χ1n) is 8.67. The van der Waals surface area contributed by atoms with Crippen LogP contribution in [0.15, 0.2) is 36.4 Å². The first-order chi connectivity index (χ1) is 11.2. The van der Waals surface area contributed by atoms with E-state index in [1.54, 1.807) is 0 Å². The largest absolute Gasteiger partial charge is 0.348 e. The van der Waals surface area contributed by atoms with Crippen LogP contribution in [-0.4, -0.2) is 21.7 Å². The molecule has 1 heterocycles. The first kappa shape index (κ1) is 15.8. The van der Waals surface area contributed by atoms with E-state index in [2.05, 4.69) is 10.4 Å². The summed E-state index contributed by atoms with van der Waals surface area (Å²) in [6.07, 6.45) is 8.50. The SMILES string of the molecule is Cc1cc(C(=O)NC2CCCCCCC2)nn1-c1ccccc1. The molecule has 2 aromatic rings. The van der Waals surface area contributed by atoms with Gasteiger partial charge in [0.1, 0.15) is 0 Å². The maximum absolute atomic E-state index is 12.5. The van der Waals surface area contributed by atoms with Gasteiger partial charge < -0.3 is 5.32 Å². The third-order valence-corrected chi connectivity index (χ3v) is 4.56. The van der Waals surface area contributed by atoms with Gasteiger partial charge in [0.15, 0.2) is 5.69 Å². The number of para-hydroxylation sites is 1. The molecule has 1 aliphatic rings. The van der Waals surface area contributed by atoms with Gasteiger partial charge in [-0.25, -0.2) is 4.68 Å². The van der Waals surface area contributed by atoms with Crippen LogP contribution in [0.5, 0.6) is 0 Å². The molecule has 4 nitrogen and oxygen atoms in total. The smallest absolute Gasteiger partial charge is 0.272 e. The highest BCUT2D eigenvalue weighted by atomic mass is 16.2. The lowest BCUT2D eigenvalue weighted by Gasteiger charge is -2.20. The Morgan fingerprint density at radius 1 is 1.09 bits per heavy atom. The van der Waals surface area contributed by atoms with Gasteiger partial charge in [-0.2, -0.15) is 5.10 Å². The average molecular weight is 311 g/mol. The monoisotopic (exact) mass is 311 g/mol. The zero-order valence-corrected chi connectivity index (χ0v) is 13.8. The second-order valence-electron chi connectivity index (χ2n) is 6.43. The number of carbonyl (C=O) groups is 1. The number of amides is 1. The standard InChI is InChI=1S/C19H25N3O/c1-15-14-18(21-22(15)17-12-8-5-9-13-17)19(23)20-16-10-6-3-2-4-7-11-16/h5,8-9,12-14,16H,2-4,6-7,10-11H2,1H3,(H,20,23). The molecule has 0 atom stereocenters. The number of aromatic nitrogens is 2. The predicted octanol–water partition coefficient (Wildman–Crippen LogP) is 4.02. The Hall–Kier alpha value is -2.10. The number of hydrogen-bond donors (Lipinski definition) is 1. The molecule has 1 aliphatic carbocycles. The predicted molar refractivity (Wildman–Crippen MR) is 91.9 cm³/mol. The molecule has 0 spiro atoms. The number of nitrogens with one attached hydrogen (secondary N) is 1. The van der Waals surface area contributed by atoms with Gasteiger partial charge in [-0.1, -0.05) is 50.3 Å². The summed E-state index contributed by atoms with van der Waals surface area (Å²) >= 11 is 0. The molecule has 4 heteroatoms. The fourth-order valence-electron chi connectivity index (χ4n) is 3.28. The summed E-state index contributed by atoms with van der Waals surface area (Å²) in [4.78, 5) is 12.5. The van der Waals surface area contributed by atoms with Gasteiger partial charge >= 0.3 is 0 Å². The Bertz CT molecular complexity index is 640. The van der Waals surface area contributed by atoms with Crippen molar-refractivity contribution in [2.45, 2.75) is 57.9 Å². The van der Waals surface area contributed by atoms with Crippen molar-refractivity contribution < 1.29 is 4.79 Å². The molecule has 1 saturated carbocycles. The van der Waals surface area contributed by atoms with Gasteiger partial charge in [0.2, 0.25) is 0 Å². The van der Waals surface area contributed by atoms with Crippen molar-refractivity contribution in [2.75, 3.05) is 0 Å². The molecule has 1 N–H and O–H groups in total. The van der Waals surface area contributed by atoms with Crippen LogP contribution in [0.1, 0.15) is 61.1 Å². The van der Waals surface area contributed by atoms with Gasteiger partial charge in [0.05, 0.1) is 5.69 Å². The van der Waals surface area contributed by atoms with Crippen molar-refractivity contribution in [3.05, 3.63) is 47.8 Å². The third kappa shape index (κ3) is 4.01. The van der Waals surface area contributed by atoms with E-state index in [0.29, 0.717) is 11.7 Å². The maximum Gasteiger partial charge on any atom is 0.272 e. The number of aryl methyl sites for hydroxylation is 1. The second-order valence-corrected chi connectivity index (χ2v) is 6.43. The number of carbonyl (C=O) groups excluding carboxylic acids is 1. The minimum Gasteiger partial charge on any atom is -0.348 e. The quantitative estimate of drug-likeness (QED) is 0.930. The van der Waals surface area contributed by atoms with Crippen LogP contribution < -0.4 is 5.32 Å². The Morgan fingerprint density at radius 3 is 2.43 bits per heavy atom. The number of hydrogen-bond acceptors (Lipinski definition) is 2. The molecular formula is C19H25N3O. The topological polar surface area (TPSA) is 46.9 Å². The van der Waals surface area contributed by atoms with Gasteiger partial charge in [0.25, 0.3) is 5.91 Å². The second kappa shape index (κ2) is 7.44. The molecule has 0 unspecified atom stereocenters. The molecular weight excluding hydrogens is 286 g/mol. The van der Waals surface area contributed by atoms with Gasteiger partial charge in [-0.15, -0.1) is 0 Å². The Kier molecular flexibility index (Phi) is 5.11. The zero-order valence-electron chi connectivity index (χ0n) is 13.8. The summed E-state index contributed by atoms with van der Waals surface area (Å²) in [6, 6.07) is 12.1. The average Bonchev–Trinajstić information content (AvgIpc) is 2.93. The maximum atomic E-state index is 12.5. The van der Waals surface area contributed by atoms with Crippen LogP contribution in [0.4, 0.5) is 0 Å². The van der Waals surface area contributed by atoms with Crippen molar-refractivity contribution in [1.82, 2.24) is 15.1 Å². The molecule has 3 rings (SSSR count). The molecule has 0 aliphatic heterocycles. The number of rotatable bonds is 3.